The molecule has 0 fully saturated rings. The fourth-order valence-electron chi connectivity index (χ4n) is 1.63. The van der Waals surface area contributed by atoms with E-state index in [2.05, 4.69) is 0 Å². The van der Waals surface area contributed by atoms with Crippen molar-refractivity contribution in [2.24, 2.45) is 0 Å². The molecule has 0 nitrogen and oxygen atoms in total. The second kappa shape index (κ2) is 180. The molecule has 0 bridgehead atoms. The summed E-state index contributed by atoms with van der Waals surface area (Å²) in [6, 6.07) is 0. The second-order valence-corrected chi connectivity index (χ2v) is 268. The average Bonchev–Trinajstić information content (AvgIpc) is 1.10. The van der Waals surface area contributed by atoms with Crippen LogP contribution in [0.3, 0.4) is 0 Å². The fourth-order valence-corrected chi connectivity index (χ4v) is 397. The lowest BCUT2D eigenvalue weighted by atomic mass is 30.7. The van der Waals surface area contributed by atoms with Gasteiger partial charge in [-0.15, -0.1) is 0 Å². The Morgan fingerprint density at radius 2 is 0.0541 bits per heavy atom. The Kier molecular flexibility index (Phi) is 219. The Balaban J connectivity index is 6.21. The van der Waals surface area contributed by atoms with Crippen LogP contribution in [-0.2, 0) is 1320 Å². The van der Waals surface area contributed by atoms with Crippen LogP contribution in [0.25, 0.3) is 0 Å². The molecule has 0 spiro atoms. The van der Waals surface area contributed by atoms with Crippen LogP contribution < -0.4 is 0 Å². The Morgan fingerprint density at radius 1 is 0.0338 bits per heavy atom. The SMILES string of the molecule is S=S=S=S=S=S=S=S=S=S=S=S=S=S=S=S=S=S=S=S=S=S=S=S=S=S=S=S=S=S=S=S=S=S=S=S=S=S=S=S=S=S=S=S=S=S=S=S=S=S=S=S=S=S=S=S=S=S=S=S=S=S=S=S=S=S=S=S=S=S=S=S=S=S=S=S=S=S=S=S=S=S=S=S=S=S=S=S=S=S=S=S=S=S=S=S=S=S=S=S=S=S=S=S=S=S=S=S=S=S=S=S=S=S=S=S=S=S=S=S=S=S=S=S=S=S=S=S=S=S=S=S=S=S=S=S=S=S=S=S=S=S=S=S=S=S=S=S. The number of rotatable bonds is 0. The number of hydrogen-bond donors (Lipinski definition) is 0. The lowest BCUT2D eigenvalue weighted by Gasteiger charge is -1.41. The molecule has 148 heteroatoms. The predicted octanol–water partition coefficient (Wildman–Crippen LogP) is -0.355. The average molecular weight is 4750 g/mol. The van der Waals surface area contributed by atoms with Gasteiger partial charge in [-0.3, -0.25) is 0 Å². The summed E-state index contributed by atoms with van der Waals surface area (Å²) >= 11 is 9.67. The van der Waals surface area contributed by atoms with Gasteiger partial charge in [-0.25, -0.2) is 0 Å². The third-order valence-electron chi connectivity index (χ3n) is 4.03. The Hall–Kier alpha value is 32.6. The molecule has 888 valence electrons. The van der Waals surface area contributed by atoms with Gasteiger partial charge in [-0.2, -0.15) is 0 Å². The molecule has 0 aromatic rings. The topological polar surface area (TPSA) is 0 Å². The maximum Gasteiger partial charge on any atom is 0 e. The second-order valence-electron chi connectivity index (χ2n) is 9.93. The minimum absolute atomic E-state index is 1.37. The third-order valence-corrected chi connectivity index (χ3v) is 326. The van der Waals surface area contributed by atoms with Crippen LogP contribution in [0.1, 0.15) is 0 Å². The van der Waals surface area contributed by atoms with Crippen molar-refractivity contribution in [3.8, 4) is 0 Å². The van der Waals surface area contributed by atoms with Gasteiger partial charge in [-0.1, -0.05) is 0 Å². The minimum Gasteiger partial charge on any atom is 0 e. The first-order valence-electron chi connectivity index (χ1n) is 24.5. The van der Waals surface area contributed by atoms with E-state index in [9.17, 15) is 0 Å². The quantitative estimate of drug-likeness (QED) is 0.326. The van der Waals surface area contributed by atoms with E-state index < -0.39 is 0 Å². The van der Waals surface area contributed by atoms with Crippen molar-refractivity contribution in [3.63, 3.8) is 0 Å². The zero-order valence-corrected chi connectivity index (χ0v) is 181. The molecular formula is S148. The van der Waals surface area contributed by atoms with E-state index in [1.165, 1.54) is 17.8 Å². The highest BCUT2D eigenvalue weighted by atomic mass is 33.6. The van der Waals surface area contributed by atoms with Crippen molar-refractivity contribution in [3.05, 3.63) is 0 Å². The molecule has 0 amide bonds. The van der Waals surface area contributed by atoms with Crippen molar-refractivity contribution < 1.29 is 0 Å². The van der Waals surface area contributed by atoms with Crippen molar-refractivity contribution in [1.29, 1.82) is 0 Å². The Bertz CT molecular complexity index is 10900. The van der Waals surface area contributed by atoms with Gasteiger partial charge >= 0.3 is 0 Å². The fraction of sp³-hybridized carbons (Fsp3) is 0. The van der Waals surface area contributed by atoms with E-state index >= 15 is 0 Å². The van der Waals surface area contributed by atoms with Crippen molar-refractivity contribution in [2.75, 3.05) is 0 Å². The smallest absolute Gasteiger partial charge is 0 e. The van der Waals surface area contributed by atoms with Crippen LogP contribution in [0.5, 0.6) is 0 Å². The standard InChI is InChI=1S/S148/c1-3-5-7-9-11-13-15-17-19-21-23-25-27-29-31-33-35-37-39-41-43-45-47-49-51-53-55-57-59-61-63-65-67-69-71-73-75-77-79-81-83-85-87-89-91-93-95-97-99-101-103-105-107-109-111-113-115-117-119-121-123-125-127-129-131-133-135-137-139-141-143-145-147-148-146-144-142-140-138-136-134-132-130-128-126-124-122-120-118-116-114-112-110-108-106-104-102-100-98-96-94-92-90-88-86-84-82-80-78-76-74-72-70-68-66-64-62-60-58-56-54-52-50-48-46-44-42-40-38-36-34-32-30-28-26-24-22-20-18-16-14-12-10-8-6-4-2. The molecule has 0 N–H and O–H groups in total. The summed E-state index contributed by atoms with van der Waals surface area (Å²) in [5, 5.41) is 0. The first-order chi connectivity index (χ1) is 73.9. The lowest BCUT2D eigenvalue weighted by molar-refractivity contribution is 5.95. The molecule has 0 atom stereocenters. The van der Waals surface area contributed by atoms with Gasteiger partial charge in [0, 0.05) is 1320 Å². The van der Waals surface area contributed by atoms with Gasteiger partial charge in [0.1, 0.15) is 0 Å². The van der Waals surface area contributed by atoms with E-state index in [1.807, 2.05) is 1170 Å². The molecule has 0 rings (SSSR count). The van der Waals surface area contributed by atoms with Gasteiger partial charge < -0.3 is 0 Å². The molecule has 0 aromatic carbocycles. The highest BCUT2D eigenvalue weighted by Gasteiger charge is 1.56. The predicted molar refractivity (Wildman–Crippen MR) is 1090 cm³/mol. The van der Waals surface area contributed by atoms with E-state index in [4.69, 9.17) is 22.4 Å². The molecule has 0 saturated carbocycles. The van der Waals surface area contributed by atoms with Crippen LogP contribution in [0, 0.1) is 0 Å². The number of hydrogen-bond acceptors (Lipinski definition) is 2. The minimum atomic E-state index is 1.37. The molecule has 0 radical (unpaired) electrons. The first-order valence-corrected chi connectivity index (χ1v) is 220. The highest BCUT2D eigenvalue weighted by molar-refractivity contribution is 8.92. The van der Waals surface area contributed by atoms with Crippen molar-refractivity contribution in [1.82, 2.24) is 0 Å². The summed E-state index contributed by atoms with van der Waals surface area (Å²) in [6.45, 7) is 0. The van der Waals surface area contributed by atoms with Gasteiger partial charge in [0.2, 0.25) is 0 Å². The maximum atomic E-state index is 4.84. The first kappa shape index (κ1) is 181. The molecular weight excluding hydrogens is 4750 g/mol. The van der Waals surface area contributed by atoms with Gasteiger partial charge in [0.05, 0.1) is 0 Å². The van der Waals surface area contributed by atoms with Crippen LogP contribution in [0.4, 0.5) is 0 Å². The molecule has 0 saturated heterocycles. The monoisotopic (exact) mass is 4730 g/mol. The van der Waals surface area contributed by atoms with E-state index in [1.54, 1.807) is 107 Å². The van der Waals surface area contributed by atoms with Gasteiger partial charge in [0.25, 0.3) is 0 Å². The Morgan fingerprint density at radius 3 is 0.0743 bits per heavy atom. The van der Waals surface area contributed by atoms with E-state index in [0.29, 0.717) is 0 Å². The van der Waals surface area contributed by atoms with Crippen molar-refractivity contribution in [2.45, 2.75) is 0 Å². The van der Waals surface area contributed by atoms with E-state index in [-0.39, 0.29) is 0 Å². The van der Waals surface area contributed by atoms with Crippen LogP contribution >= 0.6 is 0 Å². The van der Waals surface area contributed by atoms with Crippen LogP contribution in [0.15, 0.2) is 0 Å². The Labute approximate surface area is 1280 Å². The third kappa shape index (κ3) is 179. The molecule has 0 aliphatic carbocycles. The summed E-state index contributed by atoms with van der Waals surface area (Å²) in [5.74, 6) is 0. The molecule has 0 unspecified atom stereocenters. The summed E-state index contributed by atoms with van der Waals surface area (Å²) < 4.78 is 0. The zero-order chi connectivity index (χ0) is 105. The molecule has 148 heavy (non-hydrogen) atoms. The molecule has 0 heterocycles. The maximum absolute atomic E-state index is 4.84. The molecule has 0 aromatic heterocycles. The summed E-state index contributed by atoms with van der Waals surface area (Å²) in [5.41, 5.74) is 0. The molecule has 0 aliphatic rings. The van der Waals surface area contributed by atoms with Gasteiger partial charge in [-0.05, 0) is 0 Å². The summed E-state index contributed by atoms with van der Waals surface area (Å²) in [6.07, 6.45) is 0. The van der Waals surface area contributed by atoms with Crippen LogP contribution in [-0.4, -0.2) is 0 Å². The summed E-state index contributed by atoms with van der Waals surface area (Å²) in [7, 11) is 265. The van der Waals surface area contributed by atoms with Gasteiger partial charge in [0.15, 0.2) is 0 Å². The largest absolute Gasteiger partial charge is 0 e. The summed E-state index contributed by atoms with van der Waals surface area (Å²) in [4.78, 5) is 0. The normalized spacial score (nSPS) is 7.92. The van der Waals surface area contributed by atoms with E-state index in [0.717, 1.165) is 0 Å². The lowest BCUT2D eigenvalue weighted by Crippen LogP contribution is -1.42. The van der Waals surface area contributed by atoms with Crippen LogP contribution in [0.2, 0.25) is 0 Å². The molecule has 0 aliphatic heterocycles. The highest BCUT2D eigenvalue weighted by Crippen LogP contribution is 1.55. The van der Waals surface area contributed by atoms with Crippen molar-refractivity contribution >= 4 is 1320 Å². The zero-order valence-electron chi connectivity index (χ0n) is 60.4.